The molecular formula is C16H14F3NO2. The average Bonchev–Trinajstić information content (AvgIpc) is 2.48. The summed E-state index contributed by atoms with van der Waals surface area (Å²) in [5, 5.41) is 2.87. The molecule has 0 unspecified atom stereocenters. The lowest BCUT2D eigenvalue weighted by Crippen LogP contribution is -2.08. The van der Waals surface area contributed by atoms with Gasteiger partial charge >= 0.3 is 12.1 Å². The number of hydrogen-bond donors (Lipinski definition) is 1. The Labute approximate surface area is 125 Å². The van der Waals surface area contributed by atoms with Crippen LogP contribution in [-0.4, -0.2) is 13.1 Å². The van der Waals surface area contributed by atoms with Gasteiger partial charge in [0.2, 0.25) is 0 Å². The third-order valence-corrected chi connectivity index (χ3v) is 3.14. The highest BCUT2D eigenvalue weighted by Gasteiger charge is 2.30. The lowest BCUT2D eigenvalue weighted by molar-refractivity contribution is -0.137. The van der Waals surface area contributed by atoms with Gasteiger partial charge in [-0.3, -0.25) is 0 Å². The van der Waals surface area contributed by atoms with Crippen molar-refractivity contribution in [2.45, 2.75) is 13.1 Å². The predicted octanol–water partition coefficient (Wildman–Crippen LogP) is 4.54. The molecule has 0 radical (unpaired) electrons. The molecule has 0 aromatic heterocycles. The normalized spacial score (nSPS) is 11.1. The Morgan fingerprint density at radius 2 is 1.82 bits per heavy atom. The first-order valence-electron chi connectivity index (χ1n) is 6.45. The van der Waals surface area contributed by atoms with Gasteiger partial charge < -0.3 is 10.1 Å². The van der Waals surface area contributed by atoms with Crippen LogP contribution in [0.4, 0.5) is 24.5 Å². The van der Waals surface area contributed by atoms with Gasteiger partial charge in [0.25, 0.3) is 0 Å². The summed E-state index contributed by atoms with van der Waals surface area (Å²) in [5.74, 6) is -0.557. The molecule has 6 heteroatoms. The van der Waals surface area contributed by atoms with Gasteiger partial charge in [-0.05, 0) is 36.8 Å². The molecule has 0 amide bonds. The second-order valence-electron chi connectivity index (χ2n) is 4.69. The van der Waals surface area contributed by atoms with Crippen LogP contribution in [0.1, 0.15) is 21.5 Å². The highest BCUT2D eigenvalue weighted by Crippen LogP contribution is 2.32. The van der Waals surface area contributed by atoms with Gasteiger partial charge in [0.1, 0.15) is 0 Å². The third-order valence-electron chi connectivity index (χ3n) is 3.14. The molecule has 0 aliphatic heterocycles. The van der Waals surface area contributed by atoms with E-state index in [-0.39, 0.29) is 11.3 Å². The van der Waals surface area contributed by atoms with Gasteiger partial charge in [0.05, 0.1) is 23.9 Å². The molecule has 116 valence electrons. The zero-order chi connectivity index (χ0) is 16.3. The number of anilines is 2. The molecule has 2 aromatic rings. The lowest BCUT2D eigenvalue weighted by atomic mass is 10.1. The first-order chi connectivity index (χ1) is 10.3. The number of benzene rings is 2. The van der Waals surface area contributed by atoms with E-state index in [1.807, 2.05) is 0 Å². The summed E-state index contributed by atoms with van der Waals surface area (Å²) >= 11 is 0. The Hall–Kier alpha value is -2.50. The molecule has 0 bridgehead atoms. The van der Waals surface area contributed by atoms with Crippen LogP contribution in [0.25, 0.3) is 0 Å². The number of halogens is 3. The Bertz CT molecular complexity index is 696. The Morgan fingerprint density at radius 1 is 1.14 bits per heavy atom. The molecule has 1 N–H and O–H groups in total. The van der Waals surface area contributed by atoms with E-state index >= 15 is 0 Å². The molecule has 3 nitrogen and oxygen atoms in total. The van der Waals surface area contributed by atoms with Crippen LogP contribution < -0.4 is 5.32 Å². The minimum absolute atomic E-state index is 0.245. The Morgan fingerprint density at radius 3 is 2.45 bits per heavy atom. The summed E-state index contributed by atoms with van der Waals surface area (Å²) in [6, 6.07) is 9.78. The minimum Gasteiger partial charge on any atom is -0.465 e. The maximum absolute atomic E-state index is 12.7. The van der Waals surface area contributed by atoms with Gasteiger partial charge in [0.15, 0.2) is 0 Å². The van der Waals surface area contributed by atoms with Gasteiger partial charge in [0, 0.05) is 5.69 Å². The Kier molecular flexibility index (Phi) is 4.40. The average molecular weight is 309 g/mol. The molecule has 0 saturated carbocycles. The number of alkyl halides is 3. The minimum atomic E-state index is -4.42. The van der Waals surface area contributed by atoms with Gasteiger partial charge in [-0.1, -0.05) is 18.2 Å². The fraction of sp³-hybridized carbons (Fsp3) is 0.188. The number of carbonyl (C=O) groups excluding carboxylic acids is 1. The molecule has 0 atom stereocenters. The van der Waals surface area contributed by atoms with E-state index < -0.39 is 17.7 Å². The number of nitrogens with one attached hydrogen (secondary N) is 1. The SMILES string of the molecule is COC(=O)c1cccc(C)c1Nc1cccc(C(F)(F)F)c1. The maximum atomic E-state index is 12.7. The van der Waals surface area contributed by atoms with Crippen LogP contribution in [0.15, 0.2) is 42.5 Å². The van der Waals surface area contributed by atoms with Crippen molar-refractivity contribution in [3.05, 3.63) is 59.2 Å². The van der Waals surface area contributed by atoms with Crippen LogP contribution in [0.5, 0.6) is 0 Å². The van der Waals surface area contributed by atoms with Crippen molar-refractivity contribution in [3.63, 3.8) is 0 Å². The zero-order valence-electron chi connectivity index (χ0n) is 12.0. The van der Waals surface area contributed by atoms with E-state index in [9.17, 15) is 18.0 Å². The second-order valence-corrected chi connectivity index (χ2v) is 4.69. The highest BCUT2D eigenvalue weighted by atomic mass is 19.4. The number of esters is 1. The van der Waals surface area contributed by atoms with Crippen molar-refractivity contribution >= 4 is 17.3 Å². The summed E-state index contributed by atoms with van der Waals surface area (Å²) in [7, 11) is 1.25. The molecule has 0 heterocycles. The van der Waals surface area contributed by atoms with E-state index in [0.29, 0.717) is 5.69 Å². The molecule has 22 heavy (non-hydrogen) atoms. The smallest absolute Gasteiger partial charge is 0.416 e. The van der Waals surface area contributed by atoms with Crippen molar-refractivity contribution in [2.75, 3.05) is 12.4 Å². The van der Waals surface area contributed by atoms with Crippen molar-refractivity contribution in [3.8, 4) is 0 Å². The summed E-state index contributed by atoms with van der Waals surface area (Å²) < 4.78 is 42.9. The van der Waals surface area contributed by atoms with Gasteiger partial charge in [-0.25, -0.2) is 4.79 Å². The van der Waals surface area contributed by atoms with E-state index in [4.69, 9.17) is 0 Å². The number of methoxy groups -OCH3 is 1. The lowest BCUT2D eigenvalue weighted by Gasteiger charge is -2.15. The van der Waals surface area contributed by atoms with Gasteiger partial charge in [-0.15, -0.1) is 0 Å². The molecule has 0 aliphatic carbocycles. The van der Waals surface area contributed by atoms with Crippen molar-refractivity contribution < 1.29 is 22.7 Å². The highest BCUT2D eigenvalue weighted by molar-refractivity contribution is 5.97. The quantitative estimate of drug-likeness (QED) is 0.846. The van der Waals surface area contributed by atoms with Crippen molar-refractivity contribution in [1.29, 1.82) is 0 Å². The molecule has 2 aromatic carbocycles. The number of aryl methyl sites for hydroxylation is 1. The van der Waals surface area contributed by atoms with E-state index in [1.54, 1.807) is 25.1 Å². The van der Waals surface area contributed by atoms with Crippen molar-refractivity contribution in [1.82, 2.24) is 0 Å². The van der Waals surface area contributed by atoms with Gasteiger partial charge in [-0.2, -0.15) is 13.2 Å². The van der Waals surface area contributed by atoms with Crippen LogP contribution in [0.2, 0.25) is 0 Å². The Balaban J connectivity index is 2.41. The summed E-state index contributed by atoms with van der Waals surface area (Å²) in [5.41, 5.74) is 0.897. The maximum Gasteiger partial charge on any atom is 0.416 e. The predicted molar refractivity (Wildman–Crippen MR) is 77.2 cm³/mol. The largest absolute Gasteiger partial charge is 0.465 e. The van der Waals surface area contributed by atoms with E-state index in [2.05, 4.69) is 10.1 Å². The third kappa shape index (κ3) is 3.39. The molecule has 2 rings (SSSR count). The van der Waals surface area contributed by atoms with Crippen molar-refractivity contribution in [2.24, 2.45) is 0 Å². The summed E-state index contributed by atoms with van der Waals surface area (Å²) in [6.07, 6.45) is -4.42. The van der Waals surface area contributed by atoms with Crippen LogP contribution >= 0.6 is 0 Å². The number of hydrogen-bond acceptors (Lipinski definition) is 3. The second kappa shape index (κ2) is 6.09. The monoisotopic (exact) mass is 309 g/mol. The summed E-state index contributed by atoms with van der Waals surface area (Å²) in [6.45, 7) is 1.75. The number of para-hydroxylation sites is 1. The van der Waals surface area contributed by atoms with E-state index in [0.717, 1.165) is 17.7 Å². The first kappa shape index (κ1) is 15.9. The summed E-state index contributed by atoms with van der Waals surface area (Å²) in [4.78, 5) is 11.8. The zero-order valence-corrected chi connectivity index (χ0v) is 12.0. The topological polar surface area (TPSA) is 38.3 Å². The van der Waals surface area contributed by atoms with Crippen LogP contribution in [-0.2, 0) is 10.9 Å². The van der Waals surface area contributed by atoms with E-state index in [1.165, 1.54) is 19.2 Å². The number of carbonyl (C=O) groups is 1. The molecular weight excluding hydrogens is 295 g/mol. The molecule has 0 fully saturated rings. The first-order valence-corrected chi connectivity index (χ1v) is 6.45. The van der Waals surface area contributed by atoms with Crippen LogP contribution in [0.3, 0.4) is 0 Å². The fourth-order valence-corrected chi connectivity index (χ4v) is 2.03. The number of ether oxygens (including phenoxy) is 1. The fourth-order valence-electron chi connectivity index (χ4n) is 2.03. The standard InChI is InChI=1S/C16H14F3NO2/c1-10-5-3-8-13(15(21)22-2)14(10)20-12-7-4-6-11(9-12)16(17,18)19/h3-9,20H,1-2H3. The molecule has 0 saturated heterocycles. The van der Waals surface area contributed by atoms with Crippen LogP contribution in [0, 0.1) is 6.92 Å². The number of rotatable bonds is 3. The molecule has 0 aliphatic rings. The molecule has 0 spiro atoms.